The van der Waals surface area contributed by atoms with E-state index in [0.29, 0.717) is 0 Å². The molecule has 18 heavy (non-hydrogen) atoms. The summed E-state index contributed by atoms with van der Waals surface area (Å²) in [5.74, 6) is -2.18. The van der Waals surface area contributed by atoms with E-state index in [1.807, 2.05) is 30.3 Å². The molecular weight excluding hydrogens is 238 g/mol. The van der Waals surface area contributed by atoms with Crippen molar-refractivity contribution in [1.82, 2.24) is 0 Å². The summed E-state index contributed by atoms with van der Waals surface area (Å²) in [6.45, 7) is -0.0897. The summed E-state index contributed by atoms with van der Waals surface area (Å²) in [5.41, 5.74) is 0.922. The van der Waals surface area contributed by atoms with Crippen molar-refractivity contribution in [3.05, 3.63) is 68.8 Å². The lowest BCUT2D eigenvalue weighted by Crippen LogP contribution is -2.02. The Kier molecular flexibility index (Phi) is 4.87. The summed E-state index contributed by atoms with van der Waals surface area (Å²) in [4.78, 5) is 11.5. The largest absolute Gasteiger partial charge is 0.747 e. The van der Waals surface area contributed by atoms with Gasteiger partial charge in [-0.2, -0.15) is 0 Å². The third-order valence-electron chi connectivity index (χ3n) is 1.89. The lowest BCUT2D eigenvalue weighted by atomic mass is 10.2. The van der Waals surface area contributed by atoms with Gasteiger partial charge < -0.3 is 9.84 Å². The van der Waals surface area contributed by atoms with Gasteiger partial charge in [0.15, 0.2) is 4.92 Å². The molecule has 0 fully saturated rings. The zero-order chi connectivity index (χ0) is 13.4. The average Bonchev–Trinajstić information content (AvgIpc) is 2.36. The van der Waals surface area contributed by atoms with Crippen LogP contribution in [0.4, 0.5) is 0 Å². The number of ether oxygens (including phenoxy) is 1. The first-order chi connectivity index (χ1) is 8.65. The molecule has 1 aromatic rings. The van der Waals surface area contributed by atoms with Gasteiger partial charge in [-0.1, -0.05) is 36.4 Å². The number of nitro groups is 1. The van der Waals surface area contributed by atoms with Gasteiger partial charge in [0.05, 0.1) is 0 Å². The van der Waals surface area contributed by atoms with Crippen LogP contribution in [0.3, 0.4) is 0 Å². The van der Waals surface area contributed by atoms with Crippen LogP contribution < -0.4 is 0 Å². The van der Waals surface area contributed by atoms with Gasteiger partial charge in [0, 0.05) is 0 Å². The average molecular weight is 248 g/mol. The van der Waals surface area contributed by atoms with Crippen molar-refractivity contribution in [1.29, 1.82) is 5.39 Å². The number of diazo groups is 1. The zero-order valence-corrected chi connectivity index (χ0v) is 9.26. The minimum atomic E-state index is -1.14. The highest BCUT2D eigenvalue weighted by molar-refractivity contribution is 5.48. The Morgan fingerprint density at radius 3 is 2.72 bits per heavy atom. The molecule has 1 rings (SSSR count). The van der Waals surface area contributed by atoms with Crippen LogP contribution >= 0.6 is 0 Å². The van der Waals surface area contributed by atoms with Crippen LogP contribution in [0.5, 0.6) is 0 Å². The Bertz CT molecular complexity index is 517. The quantitative estimate of drug-likeness (QED) is 0.373. The van der Waals surface area contributed by atoms with E-state index in [2.05, 4.69) is 9.71 Å². The molecular formula is C11H10N3O4+. The van der Waals surface area contributed by atoms with Crippen molar-refractivity contribution in [3.8, 4) is 0 Å². The molecule has 0 heterocycles. The van der Waals surface area contributed by atoms with E-state index in [4.69, 9.17) is 10.5 Å². The van der Waals surface area contributed by atoms with Crippen molar-refractivity contribution < 1.29 is 14.8 Å². The molecule has 0 atom stereocenters. The molecule has 0 saturated heterocycles. The van der Waals surface area contributed by atoms with Crippen LogP contribution in [-0.2, 0) is 4.74 Å². The van der Waals surface area contributed by atoms with Gasteiger partial charge in [0.1, 0.15) is 6.61 Å². The third kappa shape index (κ3) is 3.94. The van der Waals surface area contributed by atoms with Crippen LogP contribution in [0.1, 0.15) is 5.56 Å². The van der Waals surface area contributed by atoms with Crippen molar-refractivity contribution >= 4 is 6.08 Å². The van der Waals surface area contributed by atoms with E-state index < -0.39 is 16.7 Å². The van der Waals surface area contributed by atoms with Gasteiger partial charge in [-0.05, 0) is 11.6 Å². The van der Waals surface area contributed by atoms with Crippen LogP contribution in [0.2, 0.25) is 0 Å². The SMILES string of the molecule is N#[N+]/C(=C(/O)OC/C=C/c1ccccc1)[N+](=O)[O-]. The van der Waals surface area contributed by atoms with Gasteiger partial charge >= 0.3 is 11.8 Å². The summed E-state index contributed by atoms with van der Waals surface area (Å²) in [6, 6.07) is 9.30. The zero-order valence-electron chi connectivity index (χ0n) is 9.26. The first-order valence-electron chi connectivity index (χ1n) is 4.92. The van der Waals surface area contributed by atoms with E-state index >= 15 is 0 Å². The number of aliphatic hydroxyl groups excluding tert-OH is 1. The highest BCUT2D eigenvalue weighted by Gasteiger charge is 2.35. The van der Waals surface area contributed by atoms with Gasteiger partial charge in [-0.15, -0.1) is 0 Å². The Morgan fingerprint density at radius 2 is 2.17 bits per heavy atom. The molecule has 0 spiro atoms. The second-order valence-corrected chi connectivity index (χ2v) is 3.11. The Morgan fingerprint density at radius 1 is 1.50 bits per heavy atom. The second kappa shape index (κ2) is 6.65. The Balaban J connectivity index is 2.55. The molecule has 0 aliphatic rings. The number of aliphatic hydroxyl groups is 1. The molecule has 0 saturated carbocycles. The number of hydrogen-bond acceptors (Lipinski definition) is 5. The normalized spacial score (nSPS) is 11.7. The molecule has 92 valence electrons. The number of nitrogens with zero attached hydrogens (tertiary/aromatic N) is 3. The van der Waals surface area contributed by atoms with Crippen molar-refractivity contribution in [3.63, 3.8) is 0 Å². The Hall–Kier alpha value is -2.88. The van der Waals surface area contributed by atoms with Crippen molar-refractivity contribution in [2.24, 2.45) is 0 Å². The van der Waals surface area contributed by atoms with Crippen molar-refractivity contribution in [2.75, 3.05) is 6.61 Å². The maximum atomic E-state index is 10.3. The molecule has 0 aliphatic carbocycles. The summed E-state index contributed by atoms with van der Waals surface area (Å²) >= 11 is 0. The number of benzene rings is 1. The molecule has 0 unspecified atom stereocenters. The number of rotatable bonds is 5. The van der Waals surface area contributed by atoms with Crippen LogP contribution in [0.15, 0.2) is 48.2 Å². The molecule has 0 aromatic heterocycles. The van der Waals surface area contributed by atoms with E-state index in [0.717, 1.165) is 5.56 Å². The fourth-order valence-electron chi connectivity index (χ4n) is 1.10. The molecule has 7 nitrogen and oxygen atoms in total. The molecule has 1 N–H and O–H groups in total. The summed E-state index contributed by atoms with van der Waals surface area (Å²) in [6.07, 6.45) is 3.27. The highest BCUT2D eigenvalue weighted by atomic mass is 16.6. The monoisotopic (exact) mass is 248 g/mol. The fraction of sp³-hybridized carbons (Fsp3) is 0.0909. The Labute approximate surface area is 102 Å². The lowest BCUT2D eigenvalue weighted by molar-refractivity contribution is -0.425. The standard InChI is InChI=1S/C11H9N3O4/c12-13-10(14(16)17)11(15)18-8-4-7-9-5-2-1-3-6-9/h1-7H,8H2/p+1/b7-4+,11-10+. The topological polar surface area (TPSA) is 101 Å². The van der Waals surface area contributed by atoms with Crippen LogP contribution in [-0.4, -0.2) is 16.6 Å². The van der Waals surface area contributed by atoms with Gasteiger partial charge in [-0.25, -0.2) is 0 Å². The fourth-order valence-corrected chi connectivity index (χ4v) is 1.10. The molecule has 0 bridgehead atoms. The minimum absolute atomic E-state index is 0.0897. The van der Waals surface area contributed by atoms with Crippen LogP contribution in [0.25, 0.3) is 11.1 Å². The van der Waals surface area contributed by atoms with E-state index in [1.165, 1.54) is 0 Å². The maximum Gasteiger partial charge on any atom is 0.747 e. The first-order valence-corrected chi connectivity index (χ1v) is 4.92. The second-order valence-electron chi connectivity index (χ2n) is 3.11. The van der Waals surface area contributed by atoms with Crippen LogP contribution in [0, 0.1) is 15.5 Å². The summed E-state index contributed by atoms with van der Waals surface area (Å²) < 4.78 is 4.63. The molecule has 1 aromatic carbocycles. The highest BCUT2D eigenvalue weighted by Crippen LogP contribution is 2.06. The molecule has 0 amide bonds. The van der Waals surface area contributed by atoms with Crippen molar-refractivity contribution in [2.45, 2.75) is 0 Å². The summed E-state index contributed by atoms with van der Waals surface area (Å²) in [7, 11) is 0. The predicted octanol–water partition coefficient (Wildman–Crippen LogP) is 2.53. The number of hydrogen-bond donors (Lipinski definition) is 1. The van der Waals surface area contributed by atoms with E-state index in [1.54, 1.807) is 12.2 Å². The van der Waals surface area contributed by atoms with Gasteiger partial charge in [-0.3, -0.25) is 10.1 Å². The smallest absolute Gasteiger partial charge is 0.470 e. The lowest BCUT2D eigenvalue weighted by Gasteiger charge is -1.95. The van der Waals surface area contributed by atoms with E-state index in [9.17, 15) is 10.1 Å². The minimum Gasteiger partial charge on any atom is -0.470 e. The third-order valence-corrected chi connectivity index (χ3v) is 1.89. The molecule has 0 radical (unpaired) electrons. The van der Waals surface area contributed by atoms with Gasteiger partial charge in [0.25, 0.3) is 4.98 Å². The maximum absolute atomic E-state index is 10.3. The predicted molar refractivity (Wildman–Crippen MR) is 63.2 cm³/mol. The summed E-state index contributed by atoms with van der Waals surface area (Å²) in [5, 5.41) is 27.6. The molecule has 0 aliphatic heterocycles. The van der Waals surface area contributed by atoms with E-state index in [-0.39, 0.29) is 6.61 Å². The van der Waals surface area contributed by atoms with Gasteiger partial charge in [0.2, 0.25) is 5.39 Å². The first kappa shape index (κ1) is 13.2. The molecule has 7 heteroatoms.